The summed E-state index contributed by atoms with van der Waals surface area (Å²) in [6.07, 6.45) is 5.16. The minimum atomic E-state index is -3.96. The molecular weight excluding hydrogens is 522 g/mol. The van der Waals surface area contributed by atoms with Gasteiger partial charge < -0.3 is 14.2 Å². The molecule has 0 bridgehead atoms. The molecule has 0 amide bonds. The predicted octanol–water partition coefficient (Wildman–Crippen LogP) is 2.85. The third kappa shape index (κ3) is 5.30. The van der Waals surface area contributed by atoms with Gasteiger partial charge in [0.1, 0.15) is 29.1 Å². The van der Waals surface area contributed by atoms with E-state index in [0.717, 1.165) is 24.9 Å². The van der Waals surface area contributed by atoms with Crippen LogP contribution in [0, 0.1) is 6.92 Å². The number of sulfonamides is 1. The standard InChI is InChI=1S/C26H35N7O5S/c1-16-12-27-24(28-13-16)17(2)18(3)39(34,35)31-26-30-29-25(22-14-32-11-7-8-19(32)15-38-22)33(26)23-20(36-4)9-6-10-21(23)37-5/h6,9-10,12-13,17-19,22H,7-8,11,14-15H2,1-5H3,(H,30,31)/t17-,18-,19-,22-/m0/s1. The van der Waals surface area contributed by atoms with Crippen LogP contribution in [0.3, 0.4) is 0 Å². The van der Waals surface area contributed by atoms with Crippen LogP contribution in [-0.2, 0) is 14.8 Å². The van der Waals surface area contributed by atoms with E-state index in [0.29, 0.717) is 48.0 Å². The quantitative estimate of drug-likeness (QED) is 0.419. The number of aryl methyl sites for hydroxylation is 1. The zero-order chi connectivity index (χ0) is 27.7. The topological polar surface area (TPSA) is 134 Å². The molecule has 210 valence electrons. The summed E-state index contributed by atoms with van der Waals surface area (Å²) in [5.41, 5.74) is 1.38. The van der Waals surface area contributed by atoms with E-state index in [9.17, 15) is 8.42 Å². The second-order valence-corrected chi connectivity index (χ2v) is 12.1. The van der Waals surface area contributed by atoms with Crippen molar-refractivity contribution in [2.75, 3.05) is 38.6 Å². The molecular formula is C26H35N7O5S. The number of methoxy groups -OCH3 is 2. The van der Waals surface area contributed by atoms with E-state index in [4.69, 9.17) is 14.2 Å². The van der Waals surface area contributed by atoms with Crippen LogP contribution in [0.15, 0.2) is 30.6 Å². The van der Waals surface area contributed by atoms with Gasteiger partial charge in [-0.1, -0.05) is 13.0 Å². The van der Waals surface area contributed by atoms with Gasteiger partial charge in [-0.2, -0.15) is 0 Å². The molecule has 12 nitrogen and oxygen atoms in total. The Morgan fingerprint density at radius 3 is 2.46 bits per heavy atom. The third-order valence-electron chi connectivity index (χ3n) is 7.63. The molecule has 0 radical (unpaired) electrons. The average Bonchev–Trinajstić information content (AvgIpc) is 3.58. The van der Waals surface area contributed by atoms with Crippen LogP contribution >= 0.6 is 0 Å². The zero-order valence-corrected chi connectivity index (χ0v) is 23.7. The molecule has 0 unspecified atom stereocenters. The summed E-state index contributed by atoms with van der Waals surface area (Å²) in [5.74, 6) is 1.39. The number of fused-ring (bicyclic) bond motifs is 1. The Hall–Kier alpha value is -3.29. The largest absolute Gasteiger partial charge is 0.494 e. The smallest absolute Gasteiger partial charge is 0.243 e. The normalized spacial score (nSPS) is 21.3. The van der Waals surface area contributed by atoms with Crippen LogP contribution in [0.5, 0.6) is 11.5 Å². The SMILES string of the molecule is COc1cccc(OC)c1-n1c(NS(=O)(=O)[C@@H](C)[C@H](C)c2ncc(C)cn2)nnc1[C@@H]1CN2CCC[C@H]2CO1. The van der Waals surface area contributed by atoms with E-state index >= 15 is 0 Å². The van der Waals surface area contributed by atoms with Crippen molar-refractivity contribution in [3.05, 3.63) is 47.8 Å². The second-order valence-electron chi connectivity index (χ2n) is 10.1. The lowest BCUT2D eigenvalue weighted by Gasteiger charge is -2.34. The summed E-state index contributed by atoms with van der Waals surface area (Å²) in [5, 5.41) is 7.86. The minimum absolute atomic E-state index is 0.0174. The fourth-order valence-electron chi connectivity index (χ4n) is 5.15. The van der Waals surface area contributed by atoms with Crippen LogP contribution in [0.1, 0.15) is 55.9 Å². The molecule has 2 fully saturated rings. The van der Waals surface area contributed by atoms with Crippen LogP contribution in [0.4, 0.5) is 5.95 Å². The van der Waals surface area contributed by atoms with E-state index in [1.165, 1.54) is 0 Å². The molecule has 1 N–H and O–H groups in total. The first-order chi connectivity index (χ1) is 18.7. The van der Waals surface area contributed by atoms with E-state index in [2.05, 4.69) is 29.8 Å². The first kappa shape index (κ1) is 27.3. The molecule has 4 atom stereocenters. The number of rotatable bonds is 9. The summed E-state index contributed by atoms with van der Waals surface area (Å²) in [7, 11) is -0.868. The van der Waals surface area contributed by atoms with E-state index in [-0.39, 0.29) is 5.95 Å². The molecule has 2 aliphatic heterocycles. The summed E-state index contributed by atoms with van der Waals surface area (Å²) >= 11 is 0. The third-order valence-corrected chi connectivity index (χ3v) is 9.48. The number of nitrogens with one attached hydrogen (secondary N) is 1. The van der Waals surface area contributed by atoms with Crippen molar-refractivity contribution in [1.29, 1.82) is 0 Å². The van der Waals surface area contributed by atoms with Gasteiger partial charge in [-0.05, 0) is 50.9 Å². The van der Waals surface area contributed by atoms with E-state index in [1.54, 1.807) is 63.2 Å². The Morgan fingerprint density at radius 1 is 1.10 bits per heavy atom. The van der Waals surface area contributed by atoms with Gasteiger partial charge in [-0.15, -0.1) is 10.2 Å². The lowest BCUT2D eigenvalue weighted by atomic mass is 10.1. The highest BCUT2D eigenvalue weighted by molar-refractivity contribution is 7.93. The first-order valence-electron chi connectivity index (χ1n) is 13.1. The molecule has 1 aromatic carbocycles. The molecule has 2 aromatic heterocycles. The number of morpholine rings is 1. The number of hydrogen-bond donors (Lipinski definition) is 1. The van der Waals surface area contributed by atoms with Gasteiger partial charge in [0.25, 0.3) is 0 Å². The van der Waals surface area contributed by atoms with Gasteiger partial charge in [-0.3, -0.25) is 14.2 Å². The zero-order valence-electron chi connectivity index (χ0n) is 22.9. The Morgan fingerprint density at radius 2 is 1.79 bits per heavy atom. The number of hydrogen-bond acceptors (Lipinski definition) is 10. The molecule has 2 saturated heterocycles. The number of para-hydroxylation sites is 1. The van der Waals surface area contributed by atoms with Crippen molar-refractivity contribution < 1.29 is 22.6 Å². The Labute approximate surface area is 228 Å². The second kappa shape index (κ2) is 11.1. The summed E-state index contributed by atoms with van der Waals surface area (Å²) < 4.78 is 49.2. The summed E-state index contributed by atoms with van der Waals surface area (Å²) in [4.78, 5) is 11.1. The molecule has 4 heterocycles. The maximum Gasteiger partial charge on any atom is 0.243 e. The fourth-order valence-corrected chi connectivity index (χ4v) is 6.39. The number of ether oxygens (including phenoxy) is 3. The number of nitrogens with zero attached hydrogens (tertiary/aromatic N) is 6. The molecule has 39 heavy (non-hydrogen) atoms. The highest BCUT2D eigenvalue weighted by Gasteiger charge is 2.38. The van der Waals surface area contributed by atoms with E-state index < -0.39 is 27.3 Å². The monoisotopic (exact) mass is 557 g/mol. The fraction of sp³-hybridized carbons (Fsp3) is 0.538. The molecule has 5 rings (SSSR count). The minimum Gasteiger partial charge on any atom is -0.494 e. The number of benzene rings is 1. The Balaban J connectivity index is 1.54. The number of aromatic nitrogens is 5. The first-order valence-corrected chi connectivity index (χ1v) is 14.6. The molecule has 0 saturated carbocycles. The molecule has 3 aromatic rings. The van der Waals surface area contributed by atoms with Crippen molar-refractivity contribution in [1.82, 2.24) is 29.6 Å². The van der Waals surface area contributed by atoms with Crippen LogP contribution in [0.2, 0.25) is 0 Å². The van der Waals surface area contributed by atoms with Gasteiger partial charge in [0.05, 0.1) is 26.1 Å². The van der Waals surface area contributed by atoms with Gasteiger partial charge in [0.2, 0.25) is 16.0 Å². The molecule has 2 aliphatic rings. The van der Waals surface area contributed by atoms with Crippen molar-refractivity contribution in [3.8, 4) is 17.2 Å². The highest BCUT2D eigenvalue weighted by Crippen LogP contribution is 2.39. The van der Waals surface area contributed by atoms with Gasteiger partial charge in [-0.25, -0.2) is 18.4 Å². The maximum atomic E-state index is 13.7. The molecule has 0 aliphatic carbocycles. The Bertz CT molecular complexity index is 1390. The van der Waals surface area contributed by atoms with Crippen LogP contribution in [0.25, 0.3) is 5.69 Å². The van der Waals surface area contributed by atoms with Gasteiger partial charge in [0, 0.05) is 30.9 Å². The summed E-state index contributed by atoms with van der Waals surface area (Å²) in [6, 6.07) is 5.74. The molecule has 13 heteroatoms. The summed E-state index contributed by atoms with van der Waals surface area (Å²) in [6.45, 7) is 7.49. The van der Waals surface area contributed by atoms with Gasteiger partial charge in [0.15, 0.2) is 5.82 Å². The lowest BCUT2D eigenvalue weighted by Crippen LogP contribution is -2.43. The van der Waals surface area contributed by atoms with Crippen LogP contribution < -0.4 is 14.2 Å². The lowest BCUT2D eigenvalue weighted by molar-refractivity contribution is -0.0548. The van der Waals surface area contributed by atoms with Gasteiger partial charge >= 0.3 is 0 Å². The van der Waals surface area contributed by atoms with Crippen molar-refractivity contribution in [2.24, 2.45) is 0 Å². The molecule has 0 spiro atoms. The predicted molar refractivity (Wildman–Crippen MR) is 145 cm³/mol. The van der Waals surface area contributed by atoms with Crippen LogP contribution in [-0.4, -0.2) is 83.3 Å². The van der Waals surface area contributed by atoms with E-state index in [1.807, 2.05) is 6.92 Å². The maximum absolute atomic E-state index is 13.7. The highest BCUT2D eigenvalue weighted by atomic mass is 32.2. The number of anilines is 1. The average molecular weight is 558 g/mol. The van der Waals surface area contributed by atoms with Crippen molar-refractivity contribution in [3.63, 3.8) is 0 Å². The van der Waals surface area contributed by atoms with Crippen molar-refractivity contribution >= 4 is 16.0 Å². The van der Waals surface area contributed by atoms with Crippen molar-refractivity contribution in [2.45, 2.75) is 56.9 Å². The Kier molecular flexibility index (Phi) is 7.74.